The molecule has 0 spiro atoms. The minimum absolute atomic E-state index is 0.513. The molecular formula is C14H14N4S. The second-order valence-corrected chi connectivity index (χ2v) is 5.14. The van der Waals surface area contributed by atoms with E-state index in [2.05, 4.69) is 20.9 Å². The Kier molecular flexibility index (Phi) is 3.15. The van der Waals surface area contributed by atoms with E-state index in [1.165, 1.54) is 0 Å². The fourth-order valence-electron chi connectivity index (χ4n) is 2.14. The highest BCUT2D eigenvalue weighted by molar-refractivity contribution is 7.17. The third-order valence-corrected chi connectivity index (χ3v) is 4.01. The van der Waals surface area contributed by atoms with Crippen molar-refractivity contribution >= 4 is 33.1 Å². The first-order chi connectivity index (χ1) is 9.31. The van der Waals surface area contributed by atoms with Gasteiger partial charge in [-0.25, -0.2) is 9.97 Å². The van der Waals surface area contributed by atoms with Gasteiger partial charge < -0.3 is 10.6 Å². The number of anilines is 2. The van der Waals surface area contributed by atoms with Crippen LogP contribution in [-0.4, -0.2) is 17.0 Å². The van der Waals surface area contributed by atoms with E-state index >= 15 is 0 Å². The van der Waals surface area contributed by atoms with Gasteiger partial charge in [0.1, 0.15) is 6.33 Å². The van der Waals surface area contributed by atoms with E-state index in [1.807, 2.05) is 36.7 Å². The summed E-state index contributed by atoms with van der Waals surface area (Å²) in [6.07, 6.45) is 1.60. The number of rotatable bonds is 3. The Bertz CT molecular complexity index is 707. The van der Waals surface area contributed by atoms with E-state index in [0.717, 1.165) is 27.3 Å². The van der Waals surface area contributed by atoms with Gasteiger partial charge in [0.15, 0.2) is 5.82 Å². The summed E-state index contributed by atoms with van der Waals surface area (Å²) in [5.74, 6) is 0.918. The molecule has 0 fully saturated rings. The first-order valence-corrected chi connectivity index (χ1v) is 6.89. The number of thiophene rings is 1. The van der Waals surface area contributed by atoms with Crippen molar-refractivity contribution in [3.63, 3.8) is 0 Å². The molecule has 0 saturated carbocycles. The average Bonchev–Trinajstić information content (AvgIpc) is 2.94. The third kappa shape index (κ3) is 2.07. The Balaban J connectivity index is 2.13. The predicted molar refractivity (Wildman–Crippen MR) is 79.8 cm³/mol. The molecule has 0 saturated heterocycles. The summed E-state index contributed by atoms with van der Waals surface area (Å²) in [6, 6.07) is 10.1. The zero-order valence-corrected chi connectivity index (χ0v) is 11.4. The zero-order valence-electron chi connectivity index (χ0n) is 10.6. The quantitative estimate of drug-likeness (QED) is 0.795. The molecule has 1 aromatic carbocycles. The Morgan fingerprint density at radius 3 is 2.89 bits per heavy atom. The number of para-hydroxylation sites is 1. The van der Waals surface area contributed by atoms with Gasteiger partial charge in [-0.1, -0.05) is 18.2 Å². The Morgan fingerprint density at radius 2 is 2.05 bits per heavy atom. The first-order valence-electron chi connectivity index (χ1n) is 6.01. The molecule has 3 aromatic rings. The maximum absolute atomic E-state index is 5.80. The maximum atomic E-state index is 5.80. The van der Waals surface area contributed by atoms with Crippen LogP contribution in [0.2, 0.25) is 0 Å². The van der Waals surface area contributed by atoms with Crippen molar-refractivity contribution in [2.45, 2.75) is 6.54 Å². The van der Waals surface area contributed by atoms with Gasteiger partial charge in [-0.3, -0.25) is 0 Å². The smallest absolute Gasteiger partial charge is 0.154 e. The van der Waals surface area contributed by atoms with Crippen LogP contribution < -0.4 is 10.6 Å². The van der Waals surface area contributed by atoms with E-state index in [0.29, 0.717) is 6.54 Å². The summed E-state index contributed by atoms with van der Waals surface area (Å²) in [6.45, 7) is 0.513. The van der Waals surface area contributed by atoms with Crippen LogP contribution in [0.1, 0.15) is 5.56 Å². The molecule has 0 aliphatic heterocycles. The number of hydrogen-bond donors (Lipinski definition) is 1. The highest BCUT2D eigenvalue weighted by Gasteiger charge is 2.13. The fourth-order valence-corrected chi connectivity index (χ4v) is 3.01. The fraction of sp³-hybridized carbons (Fsp3) is 0.143. The van der Waals surface area contributed by atoms with Crippen molar-refractivity contribution in [2.24, 2.45) is 5.73 Å². The van der Waals surface area contributed by atoms with Gasteiger partial charge in [0, 0.05) is 19.3 Å². The minimum atomic E-state index is 0.513. The molecule has 0 bridgehead atoms. The molecule has 5 heteroatoms. The SMILES string of the molecule is CN(c1ccccc1CN)c1ncnc2ccsc12. The van der Waals surface area contributed by atoms with Crippen molar-refractivity contribution < 1.29 is 0 Å². The molecule has 0 aliphatic rings. The van der Waals surface area contributed by atoms with E-state index in [1.54, 1.807) is 17.7 Å². The zero-order chi connectivity index (χ0) is 13.2. The summed E-state index contributed by atoms with van der Waals surface area (Å²) < 4.78 is 1.09. The van der Waals surface area contributed by atoms with Gasteiger partial charge in [-0.2, -0.15) is 0 Å². The average molecular weight is 270 g/mol. The summed E-state index contributed by atoms with van der Waals surface area (Å²) in [4.78, 5) is 10.8. The molecule has 19 heavy (non-hydrogen) atoms. The lowest BCUT2D eigenvalue weighted by molar-refractivity contribution is 1.03. The largest absolute Gasteiger partial charge is 0.328 e. The molecule has 0 unspecified atom stereocenters. The Hall–Kier alpha value is -1.98. The molecule has 0 amide bonds. The van der Waals surface area contributed by atoms with Crippen molar-refractivity contribution in [3.05, 3.63) is 47.6 Å². The number of hydrogen-bond acceptors (Lipinski definition) is 5. The molecule has 4 nitrogen and oxygen atoms in total. The summed E-state index contributed by atoms with van der Waals surface area (Å²) in [5, 5.41) is 2.03. The van der Waals surface area contributed by atoms with Crippen LogP contribution in [-0.2, 0) is 6.54 Å². The Morgan fingerprint density at radius 1 is 1.21 bits per heavy atom. The summed E-state index contributed by atoms with van der Waals surface area (Å²) in [5.41, 5.74) is 8.97. The van der Waals surface area contributed by atoms with Crippen LogP contribution in [0.3, 0.4) is 0 Å². The van der Waals surface area contributed by atoms with Gasteiger partial charge in [0.25, 0.3) is 0 Å². The van der Waals surface area contributed by atoms with Gasteiger partial charge in [-0.05, 0) is 23.1 Å². The monoisotopic (exact) mass is 270 g/mol. The van der Waals surface area contributed by atoms with Crippen LogP contribution in [0.25, 0.3) is 10.2 Å². The highest BCUT2D eigenvalue weighted by Crippen LogP contribution is 2.32. The van der Waals surface area contributed by atoms with Crippen LogP contribution in [0.4, 0.5) is 11.5 Å². The van der Waals surface area contributed by atoms with Gasteiger partial charge in [0.05, 0.1) is 10.2 Å². The predicted octanol–water partition coefficient (Wildman–Crippen LogP) is 2.92. The van der Waals surface area contributed by atoms with Gasteiger partial charge in [0.2, 0.25) is 0 Å². The summed E-state index contributed by atoms with van der Waals surface area (Å²) >= 11 is 1.65. The van der Waals surface area contributed by atoms with E-state index in [-0.39, 0.29) is 0 Å². The number of nitrogens with zero attached hydrogens (tertiary/aromatic N) is 3. The highest BCUT2D eigenvalue weighted by atomic mass is 32.1. The van der Waals surface area contributed by atoms with Crippen molar-refractivity contribution in [1.29, 1.82) is 0 Å². The molecule has 96 valence electrons. The first kappa shape index (κ1) is 12.1. The van der Waals surface area contributed by atoms with Crippen molar-refractivity contribution in [3.8, 4) is 0 Å². The third-order valence-electron chi connectivity index (χ3n) is 3.11. The normalized spacial score (nSPS) is 10.8. The molecule has 3 rings (SSSR count). The molecule has 2 N–H and O–H groups in total. The van der Waals surface area contributed by atoms with Gasteiger partial charge >= 0.3 is 0 Å². The lowest BCUT2D eigenvalue weighted by Crippen LogP contribution is -2.14. The van der Waals surface area contributed by atoms with E-state index in [4.69, 9.17) is 5.73 Å². The lowest BCUT2D eigenvalue weighted by Gasteiger charge is -2.21. The molecule has 0 aliphatic carbocycles. The maximum Gasteiger partial charge on any atom is 0.154 e. The second kappa shape index (κ2) is 4.95. The molecule has 2 aromatic heterocycles. The molecule has 2 heterocycles. The number of aromatic nitrogens is 2. The van der Waals surface area contributed by atoms with Crippen molar-refractivity contribution in [2.75, 3.05) is 11.9 Å². The van der Waals surface area contributed by atoms with Crippen LogP contribution in [0.5, 0.6) is 0 Å². The summed E-state index contributed by atoms with van der Waals surface area (Å²) in [7, 11) is 2.01. The van der Waals surface area contributed by atoms with Crippen LogP contribution in [0, 0.1) is 0 Å². The molecule has 0 radical (unpaired) electrons. The number of fused-ring (bicyclic) bond motifs is 1. The van der Waals surface area contributed by atoms with Crippen LogP contribution >= 0.6 is 11.3 Å². The van der Waals surface area contributed by atoms with Crippen molar-refractivity contribution in [1.82, 2.24) is 9.97 Å². The lowest BCUT2D eigenvalue weighted by atomic mass is 10.1. The minimum Gasteiger partial charge on any atom is -0.328 e. The van der Waals surface area contributed by atoms with E-state index < -0.39 is 0 Å². The van der Waals surface area contributed by atoms with Crippen LogP contribution in [0.15, 0.2) is 42.0 Å². The topological polar surface area (TPSA) is 55.0 Å². The Labute approximate surface area is 115 Å². The number of nitrogens with two attached hydrogens (primary N) is 1. The number of benzene rings is 1. The standard InChI is InChI=1S/C14H14N4S/c1-18(12-5-3-2-4-10(12)8-15)14-13-11(6-7-19-13)16-9-17-14/h2-7,9H,8,15H2,1H3. The van der Waals surface area contributed by atoms with E-state index in [9.17, 15) is 0 Å². The molecule has 0 atom stereocenters. The second-order valence-electron chi connectivity index (χ2n) is 4.22. The molecular weight excluding hydrogens is 256 g/mol. The van der Waals surface area contributed by atoms with Gasteiger partial charge in [-0.15, -0.1) is 11.3 Å².